The second kappa shape index (κ2) is 5.68. The molecule has 17 heavy (non-hydrogen) atoms. The fraction of sp³-hybridized carbons (Fsp3) is 0.333. The van der Waals surface area contributed by atoms with E-state index in [2.05, 4.69) is 19.4 Å². The van der Waals surface area contributed by atoms with Gasteiger partial charge in [-0.25, -0.2) is 4.98 Å². The molecule has 0 bridgehead atoms. The maximum absolute atomic E-state index is 6.08. The molecule has 0 atom stereocenters. The van der Waals surface area contributed by atoms with Crippen LogP contribution in [0.4, 0.5) is 5.69 Å². The highest BCUT2D eigenvalue weighted by Gasteiger charge is 2.04. The first-order valence-corrected chi connectivity index (χ1v) is 5.91. The summed E-state index contributed by atoms with van der Waals surface area (Å²) in [5.41, 5.74) is 1.02. The van der Waals surface area contributed by atoms with E-state index in [1.54, 1.807) is 18.6 Å². The van der Waals surface area contributed by atoms with E-state index in [4.69, 9.17) is 11.6 Å². The van der Waals surface area contributed by atoms with Crippen molar-refractivity contribution in [3.05, 3.63) is 42.2 Å². The normalized spacial score (nSPS) is 10.5. The van der Waals surface area contributed by atoms with Crippen molar-refractivity contribution >= 4 is 17.3 Å². The second-order valence-corrected chi connectivity index (χ2v) is 4.31. The number of hydrogen-bond acceptors (Lipinski definition) is 3. The Hall–Kier alpha value is -1.55. The van der Waals surface area contributed by atoms with Gasteiger partial charge in [0.15, 0.2) is 0 Å². The molecular weight excluding hydrogens is 236 g/mol. The zero-order valence-electron chi connectivity index (χ0n) is 9.75. The van der Waals surface area contributed by atoms with Crippen LogP contribution in [-0.2, 0) is 6.54 Å². The smallest absolute Gasteiger partial charge is 0.0945 e. The van der Waals surface area contributed by atoms with Crippen LogP contribution in [0.5, 0.6) is 0 Å². The Bertz CT molecular complexity index is 455. The summed E-state index contributed by atoms with van der Waals surface area (Å²) in [7, 11) is 2.04. The zero-order chi connectivity index (χ0) is 12.1. The molecule has 0 saturated heterocycles. The summed E-state index contributed by atoms with van der Waals surface area (Å²) in [4.78, 5) is 10.1. The van der Waals surface area contributed by atoms with Crippen molar-refractivity contribution in [1.29, 1.82) is 0 Å². The van der Waals surface area contributed by atoms with Crippen molar-refractivity contribution in [2.45, 2.75) is 13.0 Å². The molecular formula is C12H15ClN4. The van der Waals surface area contributed by atoms with Gasteiger partial charge in [0.25, 0.3) is 0 Å². The van der Waals surface area contributed by atoms with Crippen LogP contribution in [0, 0.1) is 0 Å². The van der Waals surface area contributed by atoms with E-state index in [-0.39, 0.29) is 0 Å². The van der Waals surface area contributed by atoms with Crippen LogP contribution in [0.2, 0.25) is 5.02 Å². The van der Waals surface area contributed by atoms with Gasteiger partial charge in [0.05, 0.1) is 17.0 Å². The molecule has 0 saturated carbocycles. The number of pyridine rings is 1. The highest BCUT2D eigenvalue weighted by Crippen LogP contribution is 2.22. The lowest BCUT2D eigenvalue weighted by molar-refractivity contribution is 0.637. The Morgan fingerprint density at radius 3 is 2.94 bits per heavy atom. The van der Waals surface area contributed by atoms with Gasteiger partial charge in [0.2, 0.25) is 0 Å². The van der Waals surface area contributed by atoms with E-state index >= 15 is 0 Å². The van der Waals surface area contributed by atoms with Crippen LogP contribution in [0.3, 0.4) is 0 Å². The van der Waals surface area contributed by atoms with Gasteiger partial charge in [-0.2, -0.15) is 0 Å². The fourth-order valence-corrected chi connectivity index (χ4v) is 1.97. The van der Waals surface area contributed by atoms with Crippen molar-refractivity contribution in [2.75, 3.05) is 18.5 Å². The molecule has 0 spiro atoms. The van der Waals surface area contributed by atoms with Gasteiger partial charge in [-0.15, -0.1) is 0 Å². The average molecular weight is 251 g/mol. The first kappa shape index (κ1) is 11.9. The Kier molecular flexibility index (Phi) is 3.98. The Labute approximate surface area is 106 Å². The SMILES string of the molecule is CN(CCCn1ccnc1)c1ccncc1Cl. The molecule has 4 nitrogen and oxygen atoms in total. The molecule has 2 aromatic rings. The number of rotatable bonds is 5. The summed E-state index contributed by atoms with van der Waals surface area (Å²) < 4.78 is 2.07. The number of aromatic nitrogens is 3. The third kappa shape index (κ3) is 3.20. The van der Waals surface area contributed by atoms with Crippen LogP contribution >= 0.6 is 11.6 Å². The number of imidazole rings is 1. The summed E-state index contributed by atoms with van der Waals surface area (Å²) in [5.74, 6) is 0. The van der Waals surface area contributed by atoms with E-state index in [1.165, 1.54) is 0 Å². The molecule has 0 aliphatic heterocycles. The summed E-state index contributed by atoms with van der Waals surface area (Å²) in [6, 6.07) is 1.93. The van der Waals surface area contributed by atoms with Gasteiger partial charge in [0.1, 0.15) is 0 Å². The topological polar surface area (TPSA) is 34.0 Å². The zero-order valence-corrected chi connectivity index (χ0v) is 10.5. The summed E-state index contributed by atoms with van der Waals surface area (Å²) in [6.07, 6.45) is 10.1. The number of anilines is 1. The lowest BCUT2D eigenvalue weighted by Gasteiger charge is -2.20. The lowest BCUT2D eigenvalue weighted by Crippen LogP contribution is -2.20. The maximum Gasteiger partial charge on any atom is 0.0945 e. The average Bonchev–Trinajstić information content (AvgIpc) is 2.82. The minimum Gasteiger partial charge on any atom is -0.373 e. The monoisotopic (exact) mass is 250 g/mol. The second-order valence-electron chi connectivity index (χ2n) is 3.90. The van der Waals surface area contributed by atoms with Crippen molar-refractivity contribution in [3.8, 4) is 0 Å². The van der Waals surface area contributed by atoms with E-state index in [1.807, 2.05) is 25.6 Å². The highest BCUT2D eigenvalue weighted by molar-refractivity contribution is 6.33. The quantitative estimate of drug-likeness (QED) is 0.818. The molecule has 0 N–H and O–H groups in total. The molecule has 0 aromatic carbocycles. The van der Waals surface area contributed by atoms with Crippen molar-refractivity contribution in [2.24, 2.45) is 0 Å². The van der Waals surface area contributed by atoms with Crippen LogP contribution in [0.1, 0.15) is 6.42 Å². The molecule has 5 heteroatoms. The van der Waals surface area contributed by atoms with Gasteiger partial charge < -0.3 is 9.47 Å². The molecule has 2 heterocycles. The number of halogens is 1. The molecule has 2 aromatic heterocycles. The van der Waals surface area contributed by atoms with Crippen LogP contribution in [0.25, 0.3) is 0 Å². The van der Waals surface area contributed by atoms with Crippen LogP contribution < -0.4 is 4.90 Å². The van der Waals surface area contributed by atoms with Gasteiger partial charge in [-0.1, -0.05) is 11.6 Å². The standard InChI is InChI=1S/C12H15ClN4/c1-16(12-3-4-14-9-11(12)13)6-2-7-17-8-5-15-10-17/h3-5,8-10H,2,6-7H2,1H3. The molecule has 0 aliphatic rings. The Morgan fingerprint density at radius 1 is 1.35 bits per heavy atom. The molecule has 0 fully saturated rings. The minimum absolute atomic E-state index is 0.692. The molecule has 0 amide bonds. The Balaban J connectivity index is 1.85. The van der Waals surface area contributed by atoms with Crippen molar-refractivity contribution < 1.29 is 0 Å². The first-order valence-electron chi connectivity index (χ1n) is 5.54. The summed E-state index contributed by atoms with van der Waals surface area (Å²) >= 11 is 6.08. The molecule has 2 rings (SSSR count). The molecule has 0 radical (unpaired) electrons. The van der Waals surface area contributed by atoms with Gasteiger partial charge >= 0.3 is 0 Å². The molecule has 90 valence electrons. The molecule has 0 aliphatic carbocycles. The van der Waals surface area contributed by atoms with E-state index < -0.39 is 0 Å². The van der Waals surface area contributed by atoms with Crippen molar-refractivity contribution in [1.82, 2.24) is 14.5 Å². The number of aryl methyl sites for hydroxylation is 1. The largest absolute Gasteiger partial charge is 0.373 e. The van der Waals surface area contributed by atoms with E-state index in [0.29, 0.717) is 5.02 Å². The van der Waals surface area contributed by atoms with Gasteiger partial charge in [-0.05, 0) is 12.5 Å². The highest BCUT2D eigenvalue weighted by atomic mass is 35.5. The summed E-state index contributed by atoms with van der Waals surface area (Å²) in [6.45, 7) is 1.91. The Morgan fingerprint density at radius 2 is 2.24 bits per heavy atom. The van der Waals surface area contributed by atoms with E-state index in [0.717, 1.165) is 25.2 Å². The van der Waals surface area contributed by atoms with Crippen LogP contribution in [-0.4, -0.2) is 28.1 Å². The number of hydrogen-bond donors (Lipinski definition) is 0. The first-order chi connectivity index (χ1) is 8.27. The maximum atomic E-state index is 6.08. The predicted molar refractivity (Wildman–Crippen MR) is 69.4 cm³/mol. The number of nitrogens with zero attached hydrogens (tertiary/aromatic N) is 4. The van der Waals surface area contributed by atoms with Gasteiger partial charge in [-0.3, -0.25) is 4.98 Å². The predicted octanol–water partition coefficient (Wildman–Crippen LogP) is 2.46. The van der Waals surface area contributed by atoms with Crippen molar-refractivity contribution in [3.63, 3.8) is 0 Å². The molecule has 0 unspecified atom stereocenters. The third-order valence-corrected chi connectivity index (χ3v) is 2.92. The van der Waals surface area contributed by atoms with Crippen LogP contribution in [0.15, 0.2) is 37.2 Å². The lowest BCUT2D eigenvalue weighted by atomic mass is 10.3. The third-order valence-electron chi connectivity index (χ3n) is 2.63. The minimum atomic E-state index is 0.692. The van der Waals surface area contributed by atoms with Gasteiger partial charge in [0, 0.05) is 44.9 Å². The fourth-order valence-electron chi connectivity index (χ4n) is 1.71. The summed E-state index contributed by atoms with van der Waals surface area (Å²) in [5, 5.41) is 0.692. The van der Waals surface area contributed by atoms with E-state index in [9.17, 15) is 0 Å².